The standard InChI is InChI=1S/C28H40N4O2/c1-3-23(33)12-8-5-9-13-24(26-29-18-25(30-26)21-10-6-4-7-11-21)31-27(34)22-14-16-28(17-15-22)19-32(2)20-28/h4,6-7,10-11,18,22,24H,3,5,8-9,12-17,19-20H2,1-2H3,(H,29,30)(H,31,34)/t24-/m1/s1. The number of ketones is 1. The molecule has 2 aliphatic rings. The van der Waals surface area contributed by atoms with Crippen LogP contribution in [0.2, 0.25) is 0 Å². The monoisotopic (exact) mass is 464 g/mol. The van der Waals surface area contributed by atoms with Gasteiger partial charge in [-0.1, -0.05) is 50.1 Å². The second kappa shape index (κ2) is 11.3. The lowest BCUT2D eigenvalue weighted by Gasteiger charge is -2.52. The molecule has 2 aromatic rings. The van der Waals surface area contributed by atoms with Gasteiger partial charge in [0, 0.05) is 31.8 Å². The summed E-state index contributed by atoms with van der Waals surface area (Å²) >= 11 is 0. The van der Waals surface area contributed by atoms with Crippen molar-refractivity contribution < 1.29 is 9.59 Å². The van der Waals surface area contributed by atoms with E-state index in [0.717, 1.165) is 68.4 Å². The number of aromatic amines is 1. The van der Waals surface area contributed by atoms with Gasteiger partial charge in [-0.2, -0.15) is 0 Å². The quantitative estimate of drug-likeness (QED) is 0.443. The molecule has 2 N–H and O–H groups in total. The van der Waals surface area contributed by atoms with Crippen LogP contribution in [0.3, 0.4) is 0 Å². The third kappa shape index (κ3) is 6.15. The number of nitrogens with one attached hydrogen (secondary N) is 2. The number of amides is 1. The Morgan fingerprint density at radius 1 is 1.15 bits per heavy atom. The van der Waals surface area contributed by atoms with Gasteiger partial charge < -0.3 is 15.2 Å². The highest BCUT2D eigenvalue weighted by atomic mass is 16.2. The van der Waals surface area contributed by atoms with E-state index >= 15 is 0 Å². The number of carbonyl (C=O) groups is 2. The van der Waals surface area contributed by atoms with Crippen LogP contribution in [0, 0.1) is 11.3 Å². The third-order valence-corrected chi connectivity index (χ3v) is 7.80. The van der Waals surface area contributed by atoms with Crippen molar-refractivity contribution in [3.8, 4) is 11.3 Å². The van der Waals surface area contributed by atoms with E-state index in [0.29, 0.717) is 24.0 Å². The van der Waals surface area contributed by atoms with Gasteiger partial charge in [0.25, 0.3) is 0 Å². The smallest absolute Gasteiger partial charge is 0.223 e. The van der Waals surface area contributed by atoms with Crippen molar-refractivity contribution in [2.75, 3.05) is 20.1 Å². The maximum absolute atomic E-state index is 13.2. The number of unbranched alkanes of at least 4 members (excludes halogenated alkanes) is 2. The molecule has 6 heteroatoms. The molecule has 1 aliphatic heterocycles. The highest BCUT2D eigenvalue weighted by molar-refractivity contribution is 5.79. The Labute approximate surface area is 203 Å². The molecule has 2 heterocycles. The first-order valence-electron chi connectivity index (χ1n) is 13.1. The molecule has 4 rings (SSSR count). The Morgan fingerprint density at radius 2 is 1.88 bits per heavy atom. The minimum absolute atomic E-state index is 0.102. The molecule has 34 heavy (non-hydrogen) atoms. The second-order valence-electron chi connectivity index (χ2n) is 10.5. The summed E-state index contributed by atoms with van der Waals surface area (Å²) in [5.74, 6) is 1.43. The summed E-state index contributed by atoms with van der Waals surface area (Å²) in [7, 11) is 2.18. The second-order valence-corrected chi connectivity index (χ2v) is 10.5. The molecule has 1 aliphatic carbocycles. The van der Waals surface area contributed by atoms with E-state index in [-0.39, 0.29) is 17.9 Å². The van der Waals surface area contributed by atoms with Crippen molar-refractivity contribution >= 4 is 11.7 Å². The average molecular weight is 465 g/mol. The number of likely N-dealkylation sites (tertiary alicyclic amines) is 1. The van der Waals surface area contributed by atoms with Crippen molar-refractivity contribution in [2.45, 2.75) is 77.2 Å². The lowest BCUT2D eigenvalue weighted by Crippen LogP contribution is -2.56. The Balaban J connectivity index is 1.36. The highest BCUT2D eigenvalue weighted by Crippen LogP contribution is 2.45. The number of nitrogens with zero attached hydrogens (tertiary/aromatic N) is 2. The summed E-state index contributed by atoms with van der Waals surface area (Å²) in [6.07, 6.45) is 11.1. The molecule has 0 radical (unpaired) electrons. The molecule has 2 fully saturated rings. The number of aromatic nitrogens is 2. The van der Waals surface area contributed by atoms with Gasteiger partial charge in [0.1, 0.15) is 11.6 Å². The molecule has 1 atom stereocenters. The fourth-order valence-electron chi connectivity index (χ4n) is 5.78. The molecule has 0 unspecified atom stereocenters. The summed E-state index contributed by atoms with van der Waals surface area (Å²) in [4.78, 5) is 35.3. The van der Waals surface area contributed by atoms with Crippen LogP contribution in [0.25, 0.3) is 11.3 Å². The molecule has 0 bridgehead atoms. The van der Waals surface area contributed by atoms with Crippen LogP contribution in [-0.4, -0.2) is 46.7 Å². The van der Waals surface area contributed by atoms with E-state index in [1.807, 2.05) is 31.3 Å². The molecule has 1 saturated heterocycles. The Kier molecular flexibility index (Phi) is 8.19. The number of carbonyl (C=O) groups excluding carboxylic acids is 2. The van der Waals surface area contributed by atoms with Gasteiger partial charge in [-0.15, -0.1) is 0 Å². The van der Waals surface area contributed by atoms with E-state index in [1.165, 1.54) is 13.1 Å². The Morgan fingerprint density at radius 3 is 2.56 bits per heavy atom. The van der Waals surface area contributed by atoms with Crippen LogP contribution in [0.5, 0.6) is 0 Å². The van der Waals surface area contributed by atoms with E-state index in [9.17, 15) is 9.59 Å². The minimum Gasteiger partial charge on any atom is -0.346 e. The van der Waals surface area contributed by atoms with Gasteiger partial charge in [-0.25, -0.2) is 4.98 Å². The molecule has 6 nitrogen and oxygen atoms in total. The van der Waals surface area contributed by atoms with Crippen LogP contribution in [0.1, 0.15) is 83.0 Å². The third-order valence-electron chi connectivity index (χ3n) is 7.80. The van der Waals surface area contributed by atoms with Crippen molar-refractivity contribution in [3.05, 3.63) is 42.4 Å². The Hall–Kier alpha value is -2.47. The van der Waals surface area contributed by atoms with E-state index in [4.69, 9.17) is 0 Å². The first-order valence-corrected chi connectivity index (χ1v) is 13.1. The normalized spacial score (nSPS) is 19.0. The predicted octanol–water partition coefficient (Wildman–Crippen LogP) is 5.29. The number of Topliss-reactive ketones (excluding diaryl/α,β-unsaturated/α-hetero) is 1. The SMILES string of the molecule is CCC(=O)CCCCC[C@@H](NC(=O)C1CCC2(CC1)CN(C)C2)c1ncc(-c2ccccc2)[nH]1. The number of H-pyrrole nitrogens is 1. The lowest BCUT2D eigenvalue weighted by molar-refractivity contribution is -0.129. The van der Waals surface area contributed by atoms with Gasteiger partial charge in [-0.3, -0.25) is 9.59 Å². The topological polar surface area (TPSA) is 78.1 Å². The van der Waals surface area contributed by atoms with Crippen LogP contribution in [-0.2, 0) is 9.59 Å². The van der Waals surface area contributed by atoms with E-state index < -0.39 is 0 Å². The molecule has 1 spiro atoms. The molecule has 1 amide bonds. The first kappa shape index (κ1) is 24.6. The van der Waals surface area contributed by atoms with Gasteiger partial charge in [0.05, 0.1) is 17.9 Å². The fourth-order valence-corrected chi connectivity index (χ4v) is 5.78. The zero-order valence-corrected chi connectivity index (χ0v) is 20.8. The van der Waals surface area contributed by atoms with Gasteiger partial charge in [-0.05, 0) is 56.6 Å². The van der Waals surface area contributed by atoms with E-state index in [1.54, 1.807) is 0 Å². The molecule has 1 saturated carbocycles. The largest absolute Gasteiger partial charge is 0.346 e. The van der Waals surface area contributed by atoms with Crippen molar-refractivity contribution in [2.24, 2.45) is 11.3 Å². The molecule has 1 aromatic heterocycles. The number of hydrogen-bond donors (Lipinski definition) is 2. The molecule has 1 aromatic carbocycles. The summed E-state index contributed by atoms with van der Waals surface area (Å²) < 4.78 is 0. The first-order chi connectivity index (χ1) is 16.5. The van der Waals surface area contributed by atoms with Gasteiger partial charge in [0.2, 0.25) is 5.91 Å². The average Bonchev–Trinajstić information content (AvgIpc) is 3.33. The zero-order chi connectivity index (χ0) is 24.0. The van der Waals surface area contributed by atoms with Gasteiger partial charge in [0.15, 0.2) is 0 Å². The number of rotatable bonds is 11. The van der Waals surface area contributed by atoms with Crippen molar-refractivity contribution in [3.63, 3.8) is 0 Å². The maximum atomic E-state index is 13.2. The summed E-state index contributed by atoms with van der Waals surface area (Å²) in [5, 5.41) is 3.34. The fraction of sp³-hybridized carbons (Fsp3) is 0.607. The van der Waals surface area contributed by atoms with Crippen molar-refractivity contribution in [1.82, 2.24) is 20.2 Å². The number of hydrogen-bond acceptors (Lipinski definition) is 4. The summed E-state index contributed by atoms with van der Waals surface area (Å²) in [6.45, 7) is 4.28. The number of imidazole rings is 1. The van der Waals surface area contributed by atoms with Crippen LogP contribution in [0.4, 0.5) is 0 Å². The van der Waals surface area contributed by atoms with Crippen LogP contribution < -0.4 is 5.32 Å². The van der Waals surface area contributed by atoms with Crippen molar-refractivity contribution in [1.29, 1.82) is 0 Å². The lowest BCUT2D eigenvalue weighted by atomic mass is 9.66. The minimum atomic E-state index is -0.127. The van der Waals surface area contributed by atoms with E-state index in [2.05, 4.69) is 39.4 Å². The van der Waals surface area contributed by atoms with Crippen LogP contribution in [0.15, 0.2) is 36.5 Å². The highest BCUT2D eigenvalue weighted by Gasteiger charge is 2.44. The molecular formula is C28H40N4O2. The zero-order valence-electron chi connectivity index (χ0n) is 20.8. The van der Waals surface area contributed by atoms with Gasteiger partial charge >= 0.3 is 0 Å². The summed E-state index contributed by atoms with van der Waals surface area (Å²) in [6, 6.07) is 10.0. The Bertz CT molecular complexity index is 938. The molecule has 184 valence electrons. The maximum Gasteiger partial charge on any atom is 0.223 e. The summed E-state index contributed by atoms with van der Waals surface area (Å²) in [5.41, 5.74) is 2.52. The molecular weight excluding hydrogens is 424 g/mol. The van der Waals surface area contributed by atoms with Crippen LogP contribution >= 0.6 is 0 Å². The number of benzene rings is 1. The predicted molar refractivity (Wildman–Crippen MR) is 135 cm³/mol.